The Labute approximate surface area is 204 Å². The van der Waals surface area contributed by atoms with E-state index in [4.69, 9.17) is 27.9 Å². The van der Waals surface area contributed by atoms with Gasteiger partial charge in [-0.2, -0.15) is 4.31 Å². The number of carbonyl (C=O) groups excluding carboxylic acids is 1. The zero-order valence-electron chi connectivity index (χ0n) is 18.4. The number of nitrogens with zero attached hydrogens (tertiary/aromatic N) is 3. The molecule has 0 unspecified atom stereocenters. The van der Waals surface area contributed by atoms with E-state index in [1.54, 1.807) is 6.07 Å². The molecular formula is C23H27Cl2N3O4S. The number of amides is 1. The number of carbonyl (C=O) groups is 1. The number of piperidine rings is 1. The van der Waals surface area contributed by atoms with Crippen molar-refractivity contribution in [3.8, 4) is 5.75 Å². The summed E-state index contributed by atoms with van der Waals surface area (Å²) in [4.78, 5) is 17.4. The monoisotopic (exact) mass is 511 g/mol. The first-order valence-corrected chi connectivity index (χ1v) is 13.1. The van der Waals surface area contributed by atoms with Gasteiger partial charge >= 0.3 is 0 Å². The minimum absolute atomic E-state index is 0.0217. The summed E-state index contributed by atoms with van der Waals surface area (Å²) in [6, 6.07) is 12.1. The Kier molecular flexibility index (Phi) is 7.38. The average Bonchev–Trinajstić information content (AvgIpc) is 2.83. The van der Waals surface area contributed by atoms with Crippen LogP contribution in [0.4, 0.5) is 5.69 Å². The van der Waals surface area contributed by atoms with Crippen molar-refractivity contribution in [2.45, 2.75) is 17.7 Å². The molecule has 0 N–H and O–H groups in total. The fraction of sp³-hybridized carbons (Fsp3) is 0.435. The second kappa shape index (κ2) is 10.1. The summed E-state index contributed by atoms with van der Waals surface area (Å²) in [5.74, 6) is 0.0904. The number of halogens is 2. The minimum Gasteiger partial charge on any atom is -0.495 e. The van der Waals surface area contributed by atoms with Gasteiger partial charge in [0.1, 0.15) is 5.75 Å². The van der Waals surface area contributed by atoms with Gasteiger partial charge in [-0.05, 0) is 49.2 Å². The van der Waals surface area contributed by atoms with E-state index in [0.29, 0.717) is 56.3 Å². The van der Waals surface area contributed by atoms with Gasteiger partial charge in [0.15, 0.2) is 0 Å². The summed E-state index contributed by atoms with van der Waals surface area (Å²) in [5, 5.41) is 0.924. The van der Waals surface area contributed by atoms with Gasteiger partial charge in [0.05, 0.1) is 22.9 Å². The maximum atomic E-state index is 13.2. The van der Waals surface area contributed by atoms with Gasteiger partial charge in [-0.25, -0.2) is 8.42 Å². The largest absolute Gasteiger partial charge is 0.495 e. The maximum absolute atomic E-state index is 13.2. The highest BCUT2D eigenvalue weighted by molar-refractivity contribution is 7.89. The van der Waals surface area contributed by atoms with Crippen LogP contribution in [0.3, 0.4) is 0 Å². The van der Waals surface area contributed by atoms with E-state index in [0.717, 1.165) is 5.69 Å². The first kappa shape index (κ1) is 24.1. The molecule has 0 aromatic heterocycles. The van der Waals surface area contributed by atoms with E-state index in [1.807, 2.05) is 29.2 Å². The van der Waals surface area contributed by atoms with E-state index in [9.17, 15) is 13.2 Å². The van der Waals surface area contributed by atoms with Crippen LogP contribution in [-0.2, 0) is 14.8 Å². The molecule has 2 aliphatic heterocycles. The molecular weight excluding hydrogens is 485 g/mol. The number of hydrogen-bond donors (Lipinski definition) is 0. The highest BCUT2D eigenvalue weighted by Gasteiger charge is 2.36. The first-order chi connectivity index (χ1) is 15.8. The van der Waals surface area contributed by atoms with Crippen LogP contribution in [0.1, 0.15) is 12.8 Å². The molecule has 2 aromatic carbocycles. The van der Waals surface area contributed by atoms with Crippen LogP contribution < -0.4 is 9.64 Å². The third kappa shape index (κ3) is 5.24. The predicted molar refractivity (Wildman–Crippen MR) is 130 cm³/mol. The summed E-state index contributed by atoms with van der Waals surface area (Å²) in [6.07, 6.45) is 1.32. The number of piperazine rings is 1. The zero-order valence-corrected chi connectivity index (χ0v) is 20.7. The van der Waals surface area contributed by atoms with Crippen molar-refractivity contribution in [2.75, 3.05) is 51.3 Å². The standard InChI is InChI=1S/C23H27Cl2N3O4S/c1-32-22-8-7-20(15-21(22)25)33(30,31)28-9-3-4-17(16-28)23(29)27-12-10-26(11-13-27)19-6-2-5-18(24)14-19/h2,5-8,14-15,17H,3-4,9-13,16H2,1H3/t17-/m0/s1. The van der Waals surface area contributed by atoms with E-state index >= 15 is 0 Å². The Bertz CT molecular complexity index is 1120. The summed E-state index contributed by atoms with van der Waals surface area (Å²) < 4.78 is 32.9. The number of rotatable bonds is 5. The number of hydrogen-bond acceptors (Lipinski definition) is 5. The minimum atomic E-state index is -3.75. The summed E-state index contributed by atoms with van der Waals surface area (Å²) in [6.45, 7) is 3.19. The number of ether oxygens (including phenoxy) is 1. The summed E-state index contributed by atoms with van der Waals surface area (Å²) >= 11 is 12.2. The molecule has 0 spiro atoms. The number of sulfonamides is 1. The van der Waals surface area contributed by atoms with Gasteiger partial charge in [-0.1, -0.05) is 29.3 Å². The van der Waals surface area contributed by atoms with Crippen LogP contribution in [-0.4, -0.2) is 69.9 Å². The smallest absolute Gasteiger partial charge is 0.243 e. The predicted octanol–water partition coefficient (Wildman–Crippen LogP) is 3.75. The van der Waals surface area contributed by atoms with Crippen molar-refractivity contribution in [3.63, 3.8) is 0 Å². The molecule has 2 heterocycles. The Hall–Kier alpha value is -2.00. The highest BCUT2D eigenvalue weighted by atomic mass is 35.5. The van der Waals surface area contributed by atoms with Gasteiger partial charge in [0, 0.05) is 50.0 Å². The SMILES string of the molecule is COc1ccc(S(=O)(=O)N2CCC[C@H](C(=O)N3CCN(c4cccc(Cl)c4)CC3)C2)cc1Cl. The van der Waals surface area contributed by atoms with Crippen molar-refractivity contribution in [3.05, 3.63) is 52.5 Å². The normalized spacial score (nSPS) is 20.0. The second-order valence-electron chi connectivity index (χ2n) is 8.29. The molecule has 0 radical (unpaired) electrons. The van der Waals surface area contributed by atoms with Crippen LogP contribution in [0.2, 0.25) is 10.0 Å². The molecule has 0 saturated carbocycles. The summed E-state index contributed by atoms with van der Waals surface area (Å²) in [7, 11) is -2.28. The van der Waals surface area contributed by atoms with E-state index < -0.39 is 10.0 Å². The number of methoxy groups -OCH3 is 1. The Morgan fingerprint density at radius 1 is 1.03 bits per heavy atom. The molecule has 7 nitrogen and oxygen atoms in total. The molecule has 0 bridgehead atoms. The zero-order chi connectivity index (χ0) is 23.6. The lowest BCUT2D eigenvalue weighted by molar-refractivity contribution is -0.137. The van der Waals surface area contributed by atoms with Crippen LogP contribution >= 0.6 is 23.2 Å². The second-order valence-corrected chi connectivity index (χ2v) is 11.1. The summed E-state index contributed by atoms with van der Waals surface area (Å²) in [5.41, 5.74) is 1.04. The highest BCUT2D eigenvalue weighted by Crippen LogP contribution is 2.31. The fourth-order valence-corrected chi connectivity index (χ4v) is 6.49. The van der Waals surface area contributed by atoms with Gasteiger partial charge in [-0.3, -0.25) is 4.79 Å². The Balaban J connectivity index is 1.40. The van der Waals surface area contributed by atoms with E-state index in [2.05, 4.69) is 4.90 Å². The lowest BCUT2D eigenvalue weighted by Crippen LogP contribution is -2.53. The van der Waals surface area contributed by atoms with Crippen molar-refractivity contribution in [1.29, 1.82) is 0 Å². The van der Waals surface area contributed by atoms with Gasteiger partial charge < -0.3 is 14.5 Å². The van der Waals surface area contributed by atoms with Crippen LogP contribution in [0.15, 0.2) is 47.4 Å². The topological polar surface area (TPSA) is 70.2 Å². The maximum Gasteiger partial charge on any atom is 0.243 e. The van der Waals surface area contributed by atoms with Crippen molar-refractivity contribution in [2.24, 2.45) is 5.92 Å². The number of anilines is 1. The molecule has 4 rings (SSSR count). The molecule has 33 heavy (non-hydrogen) atoms. The third-order valence-corrected chi connectivity index (χ3v) is 8.65. The molecule has 1 amide bonds. The van der Waals surface area contributed by atoms with E-state index in [-0.39, 0.29) is 28.3 Å². The molecule has 2 fully saturated rings. The molecule has 2 saturated heterocycles. The van der Waals surface area contributed by atoms with Crippen LogP contribution in [0, 0.1) is 5.92 Å². The molecule has 2 aliphatic rings. The fourth-order valence-electron chi connectivity index (χ4n) is 4.43. The molecule has 0 aliphatic carbocycles. The molecule has 178 valence electrons. The van der Waals surface area contributed by atoms with Crippen molar-refractivity contribution >= 4 is 44.8 Å². The van der Waals surface area contributed by atoms with Crippen LogP contribution in [0.25, 0.3) is 0 Å². The third-order valence-electron chi connectivity index (χ3n) is 6.26. The van der Waals surface area contributed by atoms with Gasteiger partial charge in [0.25, 0.3) is 0 Å². The molecule has 10 heteroatoms. The van der Waals surface area contributed by atoms with Crippen molar-refractivity contribution < 1.29 is 17.9 Å². The van der Waals surface area contributed by atoms with Gasteiger partial charge in [-0.15, -0.1) is 0 Å². The Morgan fingerprint density at radius 3 is 2.45 bits per heavy atom. The van der Waals surface area contributed by atoms with Crippen molar-refractivity contribution in [1.82, 2.24) is 9.21 Å². The lowest BCUT2D eigenvalue weighted by Gasteiger charge is -2.39. The van der Waals surface area contributed by atoms with E-state index in [1.165, 1.54) is 23.5 Å². The molecule has 2 aromatic rings. The molecule has 1 atom stereocenters. The Morgan fingerprint density at radius 2 is 1.79 bits per heavy atom. The first-order valence-electron chi connectivity index (χ1n) is 10.9. The average molecular weight is 512 g/mol. The quantitative estimate of drug-likeness (QED) is 0.611. The lowest BCUT2D eigenvalue weighted by atomic mass is 9.97. The van der Waals surface area contributed by atoms with Crippen LogP contribution in [0.5, 0.6) is 5.75 Å². The number of benzene rings is 2. The van der Waals surface area contributed by atoms with Gasteiger partial charge in [0.2, 0.25) is 15.9 Å².